The van der Waals surface area contributed by atoms with Gasteiger partial charge in [-0.1, -0.05) is 13.8 Å². The third-order valence-corrected chi connectivity index (χ3v) is 3.45. The highest BCUT2D eigenvalue weighted by Crippen LogP contribution is 2.34. The lowest BCUT2D eigenvalue weighted by Crippen LogP contribution is -2.28. The number of benzene rings is 1. The van der Waals surface area contributed by atoms with Gasteiger partial charge < -0.3 is 10.6 Å². The van der Waals surface area contributed by atoms with Crippen LogP contribution in [0.2, 0.25) is 0 Å². The Kier molecular flexibility index (Phi) is 4.28. The third-order valence-electron chi connectivity index (χ3n) is 2.65. The van der Waals surface area contributed by atoms with Crippen molar-refractivity contribution in [2.75, 3.05) is 18.4 Å². The van der Waals surface area contributed by atoms with Crippen LogP contribution in [0.3, 0.4) is 0 Å². The van der Waals surface area contributed by atoms with E-state index in [-0.39, 0.29) is 10.6 Å². The van der Waals surface area contributed by atoms with Gasteiger partial charge in [0.1, 0.15) is 5.69 Å². The molecule has 2 aromatic rings. The molecule has 1 heterocycles. The molecule has 0 unspecified atom stereocenters. The van der Waals surface area contributed by atoms with Crippen molar-refractivity contribution in [1.29, 1.82) is 0 Å². The van der Waals surface area contributed by atoms with Crippen molar-refractivity contribution in [3.63, 3.8) is 0 Å². The number of rotatable bonds is 6. The fourth-order valence-electron chi connectivity index (χ4n) is 1.80. The van der Waals surface area contributed by atoms with Crippen LogP contribution in [-0.4, -0.2) is 29.0 Å². The summed E-state index contributed by atoms with van der Waals surface area (Å²) in [6, 6.07) is 4.00. The quantitative estimate of drug-likeness (QED) is 0.483. The molecular weight excluding hydrogens is 264 g/mol. The van der Waals surface area contributed by atoms with Crippen molar-refractivity contribution in [2.24, 2.45) is 0 Å². The Balaban J connectivity index is 2.17. The van der Waals surface area contributed by atoms with Crippen LogP contribution in [0.5, 0.6) is 0 Å². The summed E-state index contributed by atoms with van der Waals surface area (Å²) in [5, 5.41) is 17.5. The standard InChI is InChI=1S/C12H16N4O2S/c1-8(2)13-5-6-14-9-3-4-10-11(15-7-19-10)12(9)16(17)18/h3-4,7-8,13-14H,5-6H2,1-2H3. The maximum Gasteiger partial charge on any atom is 0.319 e. The van der Waals surface area contributed by atoms with Crippen molar-refractivity contribution in [2.45, 2.75) is 19.9 Å². The van der Waals surface area contributed by atoms with Gasteiger partial charge >= 0.3 is 5.69 Å². The zero-order chi connectivity index (χ0) is 13.8. The molecule has 102 valence electrons. The minimum absolute atomic E-state index is 0.0586. The predicted molar refractivity (Wildman–Crippen MR) is 77.9 cm³/mol. The van der Waals surface area contributed by atoms with E-state index in [4.69, 9.17) is 0 Å². The number of fused-ring (bicyclic) bond motifs is 1. The summed E-state index contributed by atoms with van der Waals surface area (Å²) in [5.74, 6) is 0. The Bertz CT molecular complexity index is 582. The highest BCUT2D eigenvalue weighted by atomic mass is 32.1. The van der Waals surface area contributed by atoms with E-state index in [0.717, 1.165) is 11.2 Å². The fourth-order valence-corrected chi connectivity index (χ4v) is 2.48. The fraction of sp³-hybridized carbons (Fsp3) is 0.417. The summed E-state index contributed by atoms with van der Waals surface area (Å²) >= 11 is 1.40. The molecule has 2 rings (SSSR count). The van der Waals surface area contributed by atoms with Gasteiger partial charge in [0.25, 0.3) is 0 Å². The minimum Gasteiger partial charge on any atom is -0.378 e. The van der Waals surface area contributed by atoms with Gasteiger partial charge in [-0.15, -0.1) is 11.3 Å². The molecule has 7 heteroatoms. The molecule has 0 aliphatic heterocycles. The van der Waals surface area contributed by atoms with Crippen molar-refractivity contribution >= 4 is 32.9 Å². The van der Waals surface area contributed by atoms with Crippen LogP contribution in [-0.2, 0) is 0 Å². The molecule has 0 aliphatic carbocycles. The van der Waals surface area contributed by atoms with Gasteiger partial charge in [-0.05, 0) is 12.1 Å². The summed E-state index contributed by atoms with van der Waals surface area (Å²) in [6.45, 7) is 5.51. The maximum absolute atomic E-state index is 11.2. The van der Waals surface area contributed by atoms with Crippen LogP contribution in [0, 0.1) is 10.1 Å². The van der Waals surface area contributed by atoms with Gasteiger partial charge in [-0.25, -0.2) is 4.98 Å². The largest absolute Gasteiger partial charge is 0.378 e. The normalized spacial score (nSPS) is 11.1. The minimum atomic E-state index is -0.375. The van der Waals surface area contributed by atoms with Crippen LogP contribution in [0.4, 0.5) is 11.4 Å². The first-order valence-electron chi connectivity index (χ1n) is 6.07. The Labute approximate surface area is 115 Å². The van der Waals surface area contributed by atoms with Crippen molar-refractivity contribution in [1.82, 2.24) is 10.3 Å². The lowest BCUT2D eigenvalue weighted by Gasteiger charge is -2.10. The van der Waals surface area contributed by atoms with E-state index in [9.17, 15) is 10.1 Å². The van der Waals surface area contributed by atoms with Crippen molar-refractivity contribution in [3.8, 4) is 0 Å². The number of thiazole rings is 1. The predicted octanol–water partition coefficient (Wildman–Crippen LogP) is 2.61. The van der Waals surface area contributed by atoms with Gasteiger partial charge in [-0.3, -0.25) is 10.1 Å². The smallest absolute Gasteiger partial charge is 0.319 e. The molecule has 0 aliphatic rings. The molecule has 0 atom stereocenters. The van der Waals surface area contributed by atoms with Crippen molar-refractivity contribution < 1.29 is 4.92 Å². The molecule has 0 amide bonds. The molecule has 0 bridgehead atoms. The lowest BCUT2D eigenvalue weighted by molar-refractivity contribution is -0.382. The Morgan fingerprint density at radius 2 is 2.21 bits per heavy atom. The van der Waals surface area contributed by atoms with Gasteiger partial charge in [0.05, 0.1) is 15.1 Å². The number of nitro benzene ring substituents is 1. The zero-order valence-electron chi connectivity index (χ0n) is 10.8. The average molecular weight is 280 g/mol. The van der Waals surface area contributed by atoms with Gasteiger partial charge in [0.15, 0.2) is 5.52 Å². The van der Waals surface area contributed by atoms with E-state index in [1.54, 1.807) is 11.6 Å². The van der Waals surface area contributed by atoms with E-state index in [1.807, 2.05) is 6.07 Å². The molecule has 0 spiro atoms. The van der Waals surface area contributed by atoms with Crippen LogP contribution >= 0.6 is 11.3 Å². The molecule has 19 heavy (non-hydrogen) atoms. The number of anilines is 1. The highest BCUT2D eigenvalue weighted by Gasteiger charge is 2.20. The van der Waals surface area contributed by atoms with E-state index in [2.05, 4.69) is 29.5 Å². The Morgan fingerprint density at radius 3 is 2.89 bits per heavy atom. The molecule has 0 saturated heterocycles. The highest BCUT2D eigenvalue weighted by molar-refractivity contribution is 7.16. The molecule has 0 radical (unpaired) electrons. The second-order valence-electron chi connectivity index (χ2n) is 4.45. The van der Waals surface area contributed by atoms with Crippen LogP contribution in [0.15, 0.2) is 17.6 Å². The van der Waals surface area contributed by atoms with Gasteiger partial charge in [0, 0.05) is 19.1 Å². The summed E-state index contributed by atoms with van der Waals surface area (Å²) in [4.78, 5) is 14.9. The molecular formula is C12H16N4O2S. The maximum atomic E-state index is 11.2. The third kappa shape index (κ3) is 3.18. The first-order chi connectivity index (χ1) is 9.09. The first kappa shape index (κ1) is 13.7. The first-order valence-corrected chi connectivity index (χ1v) is 6.95. The summed E-state index contributed by atoms with van der Waals surface area (Å²) in [5.41, 5.74) is 2.66. The van der Waals surface area contributed by atoms with Gasteiger partial charge in [-0.2, -0.15) is 0 Å². The van der Waals surface area contributed by atoms with Crippen LogP contribution < -0.4 is 10.6 Å². The van der Waals surface area contributed by atoms with E-state index < -0.39 is 0 Å². The van der Waals surface area contributed by atoms with Crippen LogP contribution in [0.1, 0.15) is 13.8 Å². The molecule has 1 aromatic heterocycles. The number of aromatic nitrogens is 1. The van der Waals surface area contributed by atoms with E-state index in [1.165, 1.54) is 11.3 Å². The van der Waals surface area contributed by atoms with Crippen molar-refractivity contribution in [3.05, 3.63) is 27.8 Å². The average Bonchev–Trinajstić information content (AvgIpc) is 2.81. The topological polar surface area (TPSA) is 80.1 Å². The monoisotopic (exact) mass is 280 g/mol. The summed E-state index contributed by atoms with van der Waals surface area (Å²) < 4.78 is 0.831. The number of nitrogens with one attached hydrogen (secondary N) is 2. The number of hydrogen-bond acceptors (Lipinski definition) is 6. The van der Waals surface area contributed by atoms with E-state index >= 15 is 0 Å². The number of nitro groups is 1. The van der Waals surface area contributed by atoms with Crippen LogP contribution in [0.25, 0.3) is 10.2 Å². The van der Waals surface area contributed by atoms with Gasteiger partial charge in [0.2, 0.25) is 0 Å². The SMILES string of the molecule is CC(C)NCCNc1ccc2scnc2c1[N+](=O)[O-]. The Hall–Kier alpha value is -1.73. The summed E-state index contributed by atoms with van der Waals surface area (Å²) in [6.07, 6.45) is 0. The second-order valence-corrected chi connectivity index (χ2v) is 5.34. The molecule has 6 nitrogen and oxygen atoms in total. The molecule has 1 aromatic carbocycles. The summed E-state index contributed by atoms with van der Waals surface area (Å²) in [7, 11) is 0. The molecule has 2 N–H and O–H groups in total. The lowest BCUT2D eigenvalue weighted by atomic mass is 10.2. The zero-order valence-corrected chi connectivity index (χ0v) is 11.7. The Morgan fingerprint density at radius 1 is 1.42 bits per heavy atom. The number of hydrogen-bond donors (Lipinski definition) is 2. The molecule has 0 saturated carbocycles. The molecule has 0 fully saturated rings. The number of nitrogens with zero attached hydrogens (tertiary/aromatic N) is 2. The van der Waals surface area contributed by atoms with E-state index in [0.29, 0.717) is 23.8 Å². The second kappa shape index (κ2) is 5.94.